The molecule has 1 unspecified atom stereocenters. The number of rotatable bonds is 3. The molecule has 1 heterocycles. The molecule has 2 N–H and O–H groups in total. The standard InChI is InChI=1S/C14H21N3O3S.ClH/c1-10-4-5-13(16-21(3,19)20)12(8-10)14(18)17-7-6-15-11(2)9-17;/h4-5,8,11,15-16H,6-7,9H2,1-3H3;1H. The molecular formula is C14H22ClN3O3S. The summed E-state index contributed by atoms with van der Waals surface area (Å²) in [6.45, 7) is 5.88. The number of nitrogens with zero attached hydrogens (tertiary/aromatic N) is 1. The Bertz CT molecular complexity index is 649. The smallest absolute Gasteiger partial charge is 0.256 e. The lowest BCUT2D eigenvalue weighted by molar-refractivity contribution is 0.0710. The third-order valence-corrected chi connectivity index (χ3v) is 3.95. The van der Waals surface area contributed by atoms with Crippen LogP contribution in [0.4, 0.5) is 5.69 Å². The first kappa shape index (κ1) is 18.7. The third kappa shape index (κ3) is 4.86. The average molecular weight is 348 g/mol. The summed E-state index contributed by atoms with van der Waals surface area (Å²) in [5.41, 5.74) is 1.65. The van der Waals surface area contributed by atoms with Crippen LogP contribution < -0.4 is 10.0 Å². The molecule has 0 bridgehead atoms. The van der Waals surface area contributed by atoms with Crippen LogP contribution in [0.15, 0.2) is 18.2 Å². The first-order valence-electron chi connectivity index (χ1n) is 6.87. The normalized spacial score (nSPS) is 18.5. The molecule has 1 amide bonds. The minimum Gasteiger partial charge on any atom is -0.336 e. The van der Waals surface area contributed by atoms with E-state index >= 15 is 0 Å². The Morgan fingerprint density at radius 1 is 1.41 bits per heavy atom. The largest absolute Gasteiger partial charge is 0.336 e. The highest BCUT2D eigenvalue weighted by atomic mass is 35.5. The summed E-state index contributed by atoms with van der Waals surface area (Å²) >= 11 is 0. The van der Waals surface area contributed by atoms with Gasteiger partial charge in [0.1, 0.15) is 0 Å². The van der Waals surface area contributed by atoms with E-state index in [4.69, 9.17) is 0 Å². The number of sulfonamides is 1. The van der Waals surface area contributed by atoms with Crippen molar-refractivity contribution >= 4 is 34.0 Å². The summed E-state index contributed by atoms with van der Waals surface area (Å²) in [7, 11) is -3.42. The summed E-state index contributed by atoms with van der Waals surface area (Å²) in [6, 6.07) is 5.38. The van der Waals surface area contributed by atoms with Gasteiger partial charge < -0.3 is 10.2 Å². The van der Waals surface area contributed by atoms with E-state index in [1.165, 1.54) is 0 Å². The number of piperazine rings is 1. The lowest BCUT2D eigenvalue weighted by Crippen LogP contribution is -2.51. The van der Waals surface area contributed by atoms with Crippen LogP contribution in [-0.2, 0) is 10.0 Å². The SMILES string of the molecule is Cc1ccc(NS(C)(=O)=O)c(C(=O)N2CCNC(C)C2)c1.Cl. The summed E-state index contributed by atoms with van der Waals surface area (Å²) in [5, 5.41) is 3.28. The van der Waals surface area contributed by atoms with Crippen molar-refractivity contribution in [2.45, 2.75) is 19.9 Å². The van der Waals surface area contributed by atoms with Crippen molar-refractivity contribution in [2.24, 2.45) is 0 Å². The summed E-state index contributed by atoms with van der Waals surface area (Å²) in [4.78, 5) is 14.4. The van der Waals surface area contributed by atoms with Crippen molar-refractivity contribution in [2.75, 3.05) is 30.6 Å². The van der Waals surface area contributed by atoms with Gasteiger partial charge in [0.25, 0.3) is 5.91 Å². The van der Waals surface area contributed by atoms with Gasteiger partial charge in [-0.1, -0.05) is 11.6 Å². The van der Waals surface area contributed by atoms with E-state index in [-0.39, 0.29) is 24.4 Å². The summed E-state index contributed by atoms with van der Waals surface area (Å²) in [5.74, 6) is -0.141. The van der Waals surface area contributed by atoms with Crippen LogP contribution in [0.25, 0.3) is 0 Å². The van der Waals surface area contributed by atoms with Gasteiger partial charge in [-0.25, -0.2) is 8.42 Å². The predicted molar refractivity (Wildman–Crippen MR) is 90.3 cm³/mol. The van der Waals surface area contributed by atoms with Gasteiger partial charge in [0.05, 0.1) is 17.5 Å². The van der Waals surface area contributed by atoms with Crippen LogP contribution in [0.5, 0.6) is 0 Å². The van der Waals surface area contributed by atoms with Crippen LogP contribution in [-0.4, -0.2) is 51.2 Å². The highest BCUT2D eigenvalue weighted by Gasteiger charge is 2.24. The Morgan fingerprint density at radius 2 is 2.09 bits per heavy atom. The van der Waals surface area contributed by atoms with Gasteiger partial charge in [-0.15, -0.1) is 12.4 Å². The van der Waals surface area contributed by atoms with E-state index in [0.717, 1.165) is 18.4 Å². The quantitative estimate of drug-likeness (QED) is 0.861. The molecule has 1 aliphatic heterocycles. The van der Waals surface area contributed by atoms with Gasteiger partial charge >= 0.3 is 0 Å². The second-order valence-electron chi connectivity index (χ2n) is 5.53. The van der Waals surface area contributed by atoms with E-state index < -0.39 is 10.0 Å². The number of aryl methyl sites for hydroxylation is 1. The average Bonchev–Trinajstić information content (AvgIpc) is 2.38. The molecule has 22 heavy (non-hydrogen) atoms. The van der Waals surface area contributed by atoms with E-state index in [9.17, 15) is 13.2 Å². The van der Waals surface area contributed by atoms with Gasteiger partial charge in [0.15, 0.2) is 0 Å². The van der Waals surface area contributed by atoms with Gasteiger partial charge in [0.2, 0.25) is 10.0 Å². The molecule has 1 aromatic carbocycles. The zero-order chi connectivity index (χ0) is 15.6. The number of amides is 1. The number of hydrogen-bond acceptors (Lipinski definition) is 4. The Kier molecular flexibility index (Phi) is 6.22. The minimum absolute atomic E-state index is 0. The number of nitrogens with one attached hydrogen (secondary N) is 2. The summed E-state index contributed by atoms with van der Waals surface area (Å²) < 4.78 is 25.3. The topological polar surface area (TPSA) is 78.5 Å². The number of halogens is 1. The van der Waals surface area contributed by atoms with Crippen molar-refractivity contribution in [1.82, 2.24) is 10.2 Å². The zero-order valence-electron chi connectivity index (χ0n) is 12.9. The third-order valence-electron chi connectivity index (χ3n) is 3.36. The van der Waals surface area contributed by atoms with E-state index in [0.29, 0.717) is 24.3 Å². The Hall–Kier alpha value is -1.31. The number of carbonyl (C=O) groups is 1. The predicted octanol–water partition coefficient (Wildman–Crippen LogP) is 1.22. The van der Waals surface area contributed by atoms with E-state index in [1.54, 1.807) is 23.1 Å². The molecule has 0 aromatic heterocycles. The minimum atomic E-state index is -3.42. The molecule has 124 valence electrons. The highest BCUT2D eigenvalue weighted by Crippen LogP contribution is 2.21. The van der Waals surface area contributed by atoms with Crippen molar-refractivity contribution < 1.29 is 13.2 Å². The monoisotopic (exact) mass is 347 g/mol. The molecule has 2 rings (SSSR count). The van der Waals surface area contributed by atoms with Crippen molar-refractivity contribution in [3.8, 4) is 0 Å². The maximum absolute atomic E-state index is 12.7. The molecule has 0 saturated carbocycles. The first-order valence-corrected chi connectivity index (χ1v) is 8.76. The fourth-order valence-corrected chi connectivity index (χ4v) is 2.99. The molecule has 0 radical (unpaired) electrons. The van der Waals surface area contributed by atoms with E-state index in [2.05, 4.69) is 10.0 Å². The van der Waals surface area contributed by atoms with Crippen molar-refractivity contribution in [1.29, 1.82) is 0 Å². The maximum atomic E-state index is 12.7. The Morgan fingerprint density at radius 3 is 2.68 bits per heavy atom. The second-order valence-corrected chi connectivity index (χ2v) is 7.28. The second kappa shape index (κ2) is 7.30. The van der Waals surface area contributed by atoms with Gasteiger partial charge in [-0.05, 0) is 26.0 Å². The van der Waals surface area contributed by atoms with Gasteiger partial charge in [0, 0.05) is 25.7 Å². The molecule has 8 heteroatoms. The first-order chi connectivity index (χ1) is 9.76. The fraction of sp³-hybridized carbons (Fsp3) is 0.500. The lowest BCUT2D eigenvalue weighted by atomic mass is 10.1. The van der Waals surface area contributed by atoms with Crippen molar-refractivity contribution in [3.63, 3.8) is 0 Å². The van der Waals surface area contributed by atoms with Crippen LogP contribution in [0.1, 0.15) is 22.8 Å². The molecule has 6 nitrogen and oxygen atoms in total. The molecule has 0 aliphatic carbocycles. The molecule has 1 fully saturated rings. The highest BCUT2D eigenvalue weighted by molar-refractivity contribution is 7.92. The molecule has 1 saturated heterocycles. The summed E-state index contributed by atoms with van der Waals surface area (Å²) in [6.07, 6.45) is 1.08. The molecular weight excluding hydrogens is 326 g/mol. The Balaban J connectivity index is 0.00000242. The fourth-order valence-electron chi connectivity index (χ4n) is 2.41. The molecule has 1 atom stereocenters. The number of carbonyl (C=O) groups excluding carboxylic acids is 1. The van der Waals surface area contributed by atoms with Crippen LogP contribution in [0.3, 0.4) is 0 Å². The molecule has 1 aliphatic rings. The zero-order valence-corrected chi connectivity index (χ0v) is 14.6. The number of anilines is 1. The lowest BCUT2D eigenvalue weighted by Gasteiger charge is -2.32. The molecule has 1 aromatic rings. The Labute approximate surface area is 137 Å². The number of hydrogen-bond donors (Lipinski definition) is 2. The molecule has 0 spiro atoms. The van der Waals surface area contributed by atoms with Crippen LogP contribution in [0, 0.1) is 6.92 Å². The van der Waals surface area contributed by atoms with Crippen LogP contribution in [0.2, 0.25) is 0 Å². The van der Waals surface area contributed by atoms with Gasteiger partial charge in [-0.3, -0.25) is 9.52 Å². The maximum Gasteiger partial charge on any atom is 0.256 e. The number of benzene rings is 1. The van der Waals surface area contributed by atoms with E-state index in [1.807, 2.05) is 13.8 Å². The van der Waals surface area contributed by atoms with Crippen molar-refractivity contribution in [3.05, 3.63) is 29.3 Å². The van der Waals surface area contributed by atoms with Gasteiger partial charge in [-0.2, -0.15) is 0 Å². The van der Waals surface area contributed by atoms with Crippen LogP contribution >= 0.6 is 12.4 Å².